The number of carbonyl (C=O) groups is 2. The van der Waals surface area contributed by atoms with E-state index in [1.54, 1.807) is 7.05 Å². The van der Waals surface area contributed by atoms with Crippen molar-refractivity contribution in [2.45, 2.75) is 17.8 Å². The second kappa shape index (κ2) is 9.81. The fourth-order valence-corrected chi connectivity index (χ4v) is 3.58. The first-order valence-electron chi connectivity index (χ1n) is 9.30. The summed E-state index contributed by atoms with van der Waals surface area (Å²) in [4.78, 5) is 34.9. The largest absolute Gasteiger partial charge is 0.416 e. The van der Waals surface area contributed by atoms with Crippen molar-refractivity contribution in [2.75, 3.05) is 11.1 Å². The van der Waals surface area contributed by atoms with Crippen LogP contribution in [0.5, 0.6) is 0 Å². The van der Waals surface area contributed by atoms with Crippen molar-refractivity contribution in [1.82, 2.24) is 14.8 Å². The minimum absolute atomic E-state index is 0.00542. The van der Waals surface area contributed by atoms with Crippen LogP contribution in [0.15, 0.2) is 53.7 Å². The number of Topliss-reactive ketones (excluding diaryl/α,β-unsaturated/α-hetero) is 1. The molecule has 172 valence electrons. The summed E-state index contributed by atoms with van der Waals surface area (Å²) in [5.74, 6) is -0.766. The van der Waals surface area contributed by atoms with Crippen molar-refractivity contribution in [1.29, 1.82) is 0 Å². The van der Waals surface area contributed by atoms with Gasteiger partial charge < -0.3 is 9.88 Å². The number of anilines is 1. The molecule has 1 heterocycles. The first-order valence-corrected chi connectivity index (χ1v) is 10.3. The van der Waals surface area contributed by atoms with Gasteiger partial charge in [0.15, 0.2) is 10.9 Å². The van der Waals surface area contributed by atoms with E-state index in [9.17, 15) is 32.9 Å². The summed E-state index contributed by atoms with van der Waals surface area (Å²) in [5, 5.41) is 21.4. The summed E-state index contributed by atoms with van der Waals surface area (Å²) in [6.45, 7) is 0. The normalized spacial score (nSPS) is 11.3. The molecule has 0 atom stereocenters. The van der Waals surface area contributed by atoms with E-state index in [1.807, 2.05) is 0 Å². The van der Waals surface area contributed by atoms with Crippen molar-refractivity contribution in [3.05, 3.63) is 75.6 Å². The Balaban J connectivity index is 1.60. The molecule has 2 aromatic carbocycles. The monoisotopic (exact) mass is 479 g/mol. The first kappa shape index (κ1) is 23.9. The van der Waals surface area contributed by atoms with Crippen LogP contribution >= 0.6 is 11.8 Å². The van der Waals surface area contributed by atoms with E-state index in [2.05, 4.69) is 15.5 Å². The van der Waals surface area contributed by atoms with Crippen molar-refractivity contribution in [3.8, 4) is 0 Å². The van der Waals surface area contributed by atoms with Gasteiger partial charge in [-0.2, -0.15) is 13.2 Å². The van der Waals surface area contributed by atoms with Crippen LogP contribution in [0, 0.1) is 10.1 Å². The van der Waals surface area contributed by atoms with Crippen LogP contribution in [0.25, 0.3) is 0 Å². The van der Waals surface area contributed by atoms with E-state index >= 15 is 0 Å². The number of hydrogen-bond donors (Lipinski definition) is 1. The summed E-state index contributed by atoms with van der Waals surface area (Å²) in [6.07, 6.45) is -4.78. The first-order chi connectivity index (χ1) is 15.5. The molecule has 0 saturated heterocycles. The zero-order valence-corrected chi connectivity index (χ0v) is 17.8. The van der Waals surface area contributed by atoms with Gasteiger partial charge in [-0.3, -0.25) is 19.7 Å². The molecule has 0 aliphatic rings. The lowest BCUT2D eigenvalue weighted by molar-refractivity contribution is -0.384. The number of thioether (sulfide) groups is 1. The zero-order chi connectivity index (χ0) is 24.2. The Labute approximate surface area is 189 Å². The number of aromatic nitrogens is 3. The van der Waals surface area contributed by atoms with Crippen LogP contribution < -0.4 is 5.32 Å². The second-order valence-electron chi connectivity index (χ2n) is 6.78. The lowest BCUT2D eigenvalue weighted by Crippen LogP contribution is -2.17. The summed E-state index contributed by atoms with van der Waals surface area (Å²) < 4.78 is 39.9. The number of nitro benzene ring substituents is 1. The Morgan fingerprint density at radius 3 is 2.58 bits per heavy atom. The van der Waals surface area contributed by atoms with Gasteiger partial charge in [0, 0.05) is 30.4 Å². The number of halogens is 3. The molecule has 0 bridgehead atoms. The number of non-ortho nitro benzene ring substituents is 1. The molecule has 0 aliphatic carbocycles. The number of nitrogens with one attached hydrogen (secondary N) is 1. The molecule has 0 radical (unpaired) electrons. The van der Waals surface area contributed by atoms with Gasteiger partial charge in [-0.1, -0.05) is 30.0 Å². The number of ketones is 1. The van der Waals surface area contributed by atoms with Gasteiger partial charge in [0.05, 0.1) is 22.7 Å². The molecule has 0 fully saturated rings. The van der Waals surface area contributed by atoms with Gasteiger partial charge >= 0.3 is 6.18 Å². The Morgan fingerprint density at radius 2 is 1.88 bits per heavy atom. The molecule has 9 nitrogen and oxygen atoms in total. The molecule has 13 heteroatoms. The molecule has 33 heavy (non-hydrogen) atoms. The average molecular weight is 479 g/mol. The lowest BCUT2D eigenvalue weighted by atomic mass is 10.1. The molecular formula is C20H16F3N5O4S. The highest BCUT2D eigenvalue weighted by molar-refractivity contribution is 7.99. The molecule has 0 unspecified atom stereocenters. The Hall–Kier alpha value is -3.74. The van der Waals surface area contributed by atoms with Crippen LogP contribution in [0.1, 0.15) is 21.7 Å². The zero-order valence-electron chi connectivity index (χ0n) is 17.0. The van der Waals surface area contributed by atoms with Gasteiger partial charge in [0.2, 0.25) is 5.91 Å². The molecule has 0 aliphatic heterocycles. The third kappa shape index (κ3) is 6.16. The van der Waals surface area contributed by atoms with Crippen LogP contribution in [0.4, 0.5) is 24.5 Å². The predicted octanol–water partition coefficient (Wildman–Crippen LogP) is 3.90. The smallest absolute Gasteiger partial charge is 0.326 e. The maximum Gasteiger partial charge on any atom is 0.416 e. The van der Waals surface area contributed by atoms with Gasteiger partial charge in [0.25, 0.3) is 5.69 Å². The van der Waals surface area contributed by atoms with Crippen molar-refractivity contribution in [2.24, 2.45) is 7.05 Å². The minimum atomic E-state index is -4.53. The SMILES string of the molecule is Cn1c(CC(=O)Nc2cccc(C(F)(F)F)c2)nnc1SCC(=O)c1cccc([N+](=O)[O-])c1. The van der Waals surface area contributed by atoms with Gasteiger partial charge in [0.1, 0.15) is 5.82 Å². The third-order valence-electron chi connectivity index (χ3n) is 4.43. The summed E-state index contributed by atoms with van der Waals surface area (Å²) in [7, 11) is 1.58. The number of nitro groups is 1. The van der Waals surface area contributed by atoms with E-state index in [4.69, 9.17) is 0 Å². The summed E-state index contributed by atoms with van der Waals surface area (Å²) in [6, 6.07) is 9.60. The quantitative estimate of drug-likeness (QED) is 0.225. The van der Waals surface area contributed by atoms with E-state index < -0.39 is 22.6 Å². The molecule has 3 aromatic rings. The van der Waals surface area contributed by atoms with E-state index in [-0.39, 0.29) is 40.7 Å². The van der Waals surface area contributed by atoms with Gasteiger partial charge in [-0.05, 0) is 18.2 Å². The third-order valence-corrected chi connectivity index (χ3v) is 5.45. The molecular weight excluding hydrogens is 463 g/mol. The number of carbonyl (C=O) groups excluding carboxylic acids is 2. The lowest BCUT2D eigenvalue weighted by Gasteiger charge is -2.10. The molecule has 1 amide bonds. The Bertz CT molecular complexity index is 1210. The number of benzene rings is 2. The van der Waals surface area contributed by atoms with Crippen molar-refractivity contribution in [3.63, 3.8) is 0 Å². The standard InChI is InChI=1S/C20H16F3N5O4S/c1-27-17(10-18(30)24-14-6-3-5-13(9-14)20(21,22)23)25-26-19(27)33-11-16(29)12-4-2-7-15(8-12)28(31)32/h2-9H,10-11H2,1H3,(H,24,30). The minimum Gasteiger partial charge on any atom is -0.326 e. The second-order valence-corrected chi connectivity index (χ2v) is 7.72. The van der Waals surface area contributed by atoms with E-state index in [1.165, 1.54) is 41.0 Å². The van der Waals surface area contributed by atoms with E-state index in [0.29, 0.717) is 5.16 Å². The molecule has 0 saturated carbocycles. The number of rotatable bonds is 8. The highest BCUT2D eigenvalue weighted by Crippen LogP contribution is 2.30. The average Bonchev–Trinajstić information content (AvgIpc) is 3.10. The topological polar surface area (TPSA) is 120 Å². The fraction of sp³-hybridized carbons (Fsp3) is 0.200. The highest BCUT2D eigenvalue weighted by Gasteiger charge is 2.30. The Morgan fingerprint density at radius 1 is 1.15 bits per heavy atom. The molecule has 3 rings (SSSR count). The molecule has 0 spiro atoms. The van der Waals surface area contributed by atoms with Crippen LogP contribution in [-0.2, 0) is 24.4 Å². The number of amides is 1. The molecule has 1 aromatic heterocycles. The maximum absolute atomic E-state index is 12.8. The number of hydrogen-bond acceptors (Lipinski definition) is 7. The van der Waals surface area contributed by atoms with Crippen molar-refractivity contribution >= 4 is 34.8 Å². The maximum atomic E-state index is 12.8. The van der Waals surface area contributed by atoms with E-state index in [0.717, 1.165) is 23.9 Å². The molecule has 1 N–H and O–H groups in total. The van der Waals surface area contributed by atoms with Crippen LogP contribution in [-0.4, -0.2) is 37.1 Å². The summed E-state index contributed by atoms with van der Waals surface area (Å²) >= 11 is 1.03. The number of nitrogens with zero attached hydrogens (tertiary/aromatic N) is 4. The fourth-order valence-electron chi connectivity index (χ4n) is 2.75. The van der Waals surface area contributed by atoms with Gasteiger partial charge in [-0.15, -0.1) is 10.2 Å². The number of alkyl halides is 3. The van der Waals surface area contributed by atoms with Crippen LogP contribution in [0.2, 0.25) is 0 Å². The summed E-state index contributed by atoms with van der Waals surface area (Å²) in [5.41, 5.74) is -0.904. The van der Waals surface area contributed by atoms with Crippen molar-refractivity contribution < 1.29 is 27.7 Å². The highest BCUT2D eigenvalue weighted by atomic mass is 32.2. The van der Waals surface area contributed by atoms with Gasteiger partial charge in [-0.25, -0.2) is 0 Å². The van der Waals surface area contributed by atoms with Crippen LogP contribution in [0.3, 0.4) is 0 Å². The predicted molar refractivity (Wildman–Crippen MR) is 113 cm³/mol. The Kier molecular flexibility index (Phi) is 7.11.